The molecular weight excluding hydrogens is 252 g/mol. The molecule has 0 unspecified atom stereocenters. The van der Waals surface area contributed by atoms with Crippen LogP contribution in [0.3, 0.4) is 0 Å². The molecular formula is C16H20N2O2. The molecule has 0 spiro atoms. The molecule has 4 nitrogen and oxygen atoms in total. The molecule has 2 N–H and O–H groups in total. The number of carbonyl (C=O) groups excluding carboxylic acids is 1. The Kier molecular flexibility index (Phi) is 5.24. The molecule has 0 bridgehead atoms. The van der Waals surface area contributed by atoms with Gasteiger partial charge in [0.15, 0.2) is 0 Å². The van der Waals surface area contributed by atoms with E-state index in [1.807, 2.05) is 12.1 Å². The molecule has 1 aliphatic heterocycles. The maximum Gasteiger partial charge on any atom is 0.243 e. The number of ether oxygens (including phenoxy) is 1. The molecule has 0 radical (unpaired) electrons. The highest BCUT2D eigenvalue weighted by Crippen LogP contribution is 2.27. The summed E-state index contributed by atoms with van der Waals surface area (Å²) >= 11 is 0. The third kappa shape index (κ3) is 3.88. The summed E-state index contributed by atoms with van der Waals surface area (Å²) in [5.41, 5.74) is 2.22. The fourth-order valence-corrected chi connectivity index (χ4v) is 2.05. The van der Waals surface area contributed by atoms with Crippen LogP contribution in [0.4, 0.5) is 5.69 Å². The van der Waals surface area contributed by atoms with Crippen molar-refractivity contribution in [3.63, 3.8) is 0 Å². The van der Waals surface area contributed by atoms with Crippen molar-refractivity contribution in [1.29, 1.82) is 0 Å². The first-order chi connectivity index (χ1) is 9.81. The zero-order valence-corrected chi connectivity index (χ0v) is 11.5. The Bertz CT molecular complexity index is 509. The topological polar surface area (TPSA) is 50.4 Å². The van der Waals surface area contributed by atoms with E-state index in [9.17, 15) is 4.79 Å². The van der Waals surface area contributed by atoms with E-state index in [0.29, 0.717) is 13.2 Å². The van der Waals surface area contributed by atoms with Gasteiger partial charge in [-0.15, -0.1) is 0 Å². The normalized spacial score (nSPS) is 12.7. The zero-order valence-electron chi connectivity index (χ0n) is 11.5. The van der Waals surface area contributed by atoms with Crippen LogP contribution in [0.1, 0.15) is 18.4 Å². The lowest BCUT2D eigenvalue weighted by atomic mass is 10.1. The molecule has 0 aromatic heterocycles. The van der Waals surface area contributed by atoms with E-state index in [-0.39, 0.29) is 5.91 Å². The molecule has 106 valence electrons. The van der Waals surface area contributed by atoms with Crippen LogP contribution < -0.4 is 10.6 Å². The minimum Gasteiger partial charge on any atom is -0.493 e. The number of para-hydroxylation sites is 1. The maximum atomic E-state index is 11.0. The van der Waals surface area contributed by atoms with Gasteiger partial charge >= 0.3 is 0 Å². The summed E-state index contributed by atoms with van der Waals surface area (Å²) in [4.78, 5) is 11.0. The lowest BCUT2D eigenvalue weighted by molar-refractivity contribution is -0.116. The van der Waals surface area contributed by atoms with E-state index < -0.39 is 0 Å². The molecule has 1 aromatic carbocycles. The third-order valence-corrected chi connectivity index (χ3v) is 3.09. The van der Waals surface area contributed by atoms with Crippen LogP contribution in [-0.2, 0) is 9.53 Å². The quantitative estimate of drug-likeness (QED) is 0.592. The first-order valence-corrected chi connectivity index (χ1v) is 6.88. The zero-order chi connectivity index (χ0) is 14.2. The van der Waals surface area contributed by atoms with Crippen LogP contribution >= 0.6 is 0 Å². The summed E-state index contributed by atoms with van der Waals surface area (Å²) < 4.78 is 5.83. The van der Waals surface area contributed by atoms with Gasteiger partial charge in [-0.3, -0.25) is 4.79 Å². The maximum absolute atomic E-state index is 11.0. The smallest absolute Gasteiger partial charge is 0.243 e. The van der Waals surface area contributed by atoms with Crippen LogP contribution in [0.2, 0.25) is 0 Å². The van der Waals surface area contributed by atoms with E-state index >= 15 is 0 Å². The molecule has 1 aromatic rings. The molecule has 0 saturated heterocycles. The fourth-order valence-electron chi connectivity index (χ4n) is 2.05. The standard InChI is InChI=1S/C16H20N2O2/c1-2-16(19)18-10-5-6-12-20-15-9-11-17-14-8-4-3-7-13(14)15/h2-4,7-9,17H,1,5-6,10-12H2,(H,18,19). The molecule has 0 atom stereocenters. The van der Waals surface area contributed by atoms with Crippen molar-refractivity contribution in [2.75, 3.05) is 25.0 Å². The van der Waals surface area contributed by atoms with Crippen molar-refractivity contribution in [3.05, 3.63) is 48.6 Å². The van der Waals surface area contributed by atoms with Gasteiger partial charge in [0.1, 0.15) is 5.76 Å². The van der Waals surface area contributed by atoms with Crippen molar-refractivity contribution in [3.8, 4) is 0 Å². The number of anilines is 1. The largest absolute Gasteiger partial charge is 0.493 e. The van der Waals surface area contributed by atoms with Crippen LogP contribution in [0.5, 0.6) is 0 Å². The monoisotopic (exact) mass is 272 g/mol. The van der Waals surface area contributed by atoms with Crippen molar-refractivity contribution in [2.45, 2.75) is 12.8 Å². The second-order valence-corrected chi connectivity index (χ2v) is 4.55. The Morgan fingerprint density at radius 2 is 2.25 bits per heavy atom. The first-order valence-electron chi connectivity index (χ1n) is 6.88. The summed E-state index contributed by atoms with van der Waals surface area (Å²) in [7, 11) is 0. The second-order valence-electron chi connectivity index (χ2n) is 4.55. The molecule has 0 aliphatic carbocycles. The lowest BCUT2D eigenvalue weighted by Crippen LogP contribution is -2.22. The van der Waals surface area contributed by atoms with Crippen molar-refractivity contribution in [1.82, 2.24) is 5.32 Å². The number of amides is 1. The van der Waals surface area contributed by atoms with Gasteiger partial charge in [0.05, 0.1) is 6.61 Å². The number of carbonyl (C=O) groups is 1. The molecule has 20 heavy (non-hydrogen) atoms. The summed E-state index contributed by atoms with van der Waals surface area (Å²) in [6.45, 7) is 5.52. The molecule has 1 heterocycles. The summed E-state index contributed by atoms with van der Waals surface area (Å²) in [5.74, 6) is 0.815. The highest BCUT2D eigenvalue weighted by Gasteiger charge is 2.11. The SMILES string of the molecule is C=CC(=O)NCCCCOC1=CCNc2ccccc21. The van der Waals surface area contributed by atoms with Crippen molar-refractivity contribution < 1.29 is 9.53 Å². The van der Waals surface area contributed by atoms with Gasteiger partial charge in [-0.1, -0.05) is 18.7 Å². The number of fused-ring (bicyclic) bond motifs is 1. The summed E-state index contributed by atoms with van der Waals surface area (Å²) in [6, 6.07) is 8.12. The molecule has 1 amide bonds. The van der Waals surface area contributed by atoms with Crippen molar-refractivity contribution in [2.24, 2.45) is 0 Å². The van der Waals surface area contributed by atoms with E-state index in [1.54, 1.807) is 0 Å². The summed E-state index contributed by atoms with van der Waals surface area (Å²) in [5, 5.41) is 6.06. The Labute approximate surface area is 119 Å². The minimum absolute atomic E-state index is 0.124. The van der Waals surface area contributed by atoms with Crippen molar-refractivity contribution >= 4 is 17.4 Å². The summed E-state index contributed by atoms with van der Waals surface area (Å²) in [6.07, 6.45) is 5.15. The fraction of sp³-hybridized carbons (Fsp3) is 0.312. The molecule has 1 aliphatic rings. The molecule has 2 rings (SSSR count). The van der Waals surface area contributed by atoms with E-state index in [1.165, 1.54) is 6.08 Å². The van der Waals surface area contributed by atoms with Crippen LogP contribution in [-0.4, -0.2) is 25.6 Å². The molecule has 0 saturated carbocycles. The minimum atomic E-state index is -0.124. The van der Waals surface area contributed by atoms with E-state index in [4.69, 9.17) is 4.74 Å². The van der Waals surface area contributed by atoms with Crippen LogP contribution in [0, 0.1) is 0 Å². The Hall–Kier alpha value is -2.23. The number of nitrogens with one attached hydrogen (secondary N) is 2. The highest BCUT2D eigenvalue weighted by molar-refractivity contribution is 5.86. The predicted octanol–water partition coefficient (Wildman–Crippen LogP) is 2.55. The lowest BCUT2D eigenvalue weighted by Gasteiger charge is -2.19. The third-order valence-electron chi connectivity index (χ3n) is 3.09. The Balaban J connectivity index is 1.71. The first kappa shape index (κ1) is 14.2. The number of benzene rings is 1. The van der Waals surface area contributed by atoms with E-state index in [0.717, 1.165) is 36.4 Å². The van der Waals surface area contributed by atoms with Gasteiger partial charge in [0.2, 0.25) is 5.91 Å². The number of rotatable bonds is 7. The van der Waals surface area contributed by atoms with Crippen LogP contribution in [0.15, 0.2) is 43.0 Å². The van der Waals surface area contributed by atoms with Gasteiger partial charge in [-0.25, -0.2) is 0 Å². The second kappa shape index (κ2) is 7.38. The average molecular weight is 272 g/mol. The van der Waals surface area contributed by atoms with Gasteiger partial charge in [0.25, 0.3) is 0 Å². The Morgan fingerprint density at radius 1 is 1.40 bits per heavy atom. The van der Waals surface area contributed by atoms with Gasteiger partial charge in [0, 0.05) is 24.3 Å². The molecule has 4 heteroatoms. The number of hydrogen-bond donors (Lipinski definition) is 2. The van der Waals surface area contributed by atoms with E-state index in [2.05, 4.69) is 35.4 Å². The van der Waals surface area contributed by atoms with Crippen LogP contribution in [0.25, 0.3) is 5.76 Å². The van der Waals surface area contributed by atoms with Gasteiger partial charge < -0.3 is 15.4 Å². The number of hydrogen-bond acceptors (Lipinski definition) is 3. The van der Waals surface area contributed by atoms with Gasteiger partial charge in [-0.05, 0) is 37.1 Å². The highest BCUT2D eigenvalue weighted by atomic mass is 16.5. The average Bonchev–Trinajstić information content (AvgIpc) is 2.50. The predicted molar refractivity (Wildman–Crippen MR) is 81.3 cm³/mol. The van der Waals surface area contributed by atoms with Gasteiger partial charge in [-0.2, -0.15) is 0 Å². The number of unbranched alkanes of at least 4 members (excludes halogenated alkanes) is 1. The molecule has 0 fully saturated rings. The Morgan fingerprint density at radius 3 is 3.10 bits per heavy atom.